The van der Waals surface area contributed by atoms with E-state index in [9.17, 15) is 4.79 Å². The first-order chi connectivity index (χ1) is 13.3. The molecule has 4 heteroatoms. The number of nitrogens with zero attached hydrogens (tertiary/aromatic N) is 2. The van der Waals surface area contributed by atoms with Crippen molar-refractivity contribution in [2.45, 2.75) is 0 Å². The van der Waals surface area contributed by atoms with Crippen LogP contribution in [0.3, 0.4) is 0 Å². The topological polar surface area (TPSA) is 44.1 Å². The molecule has 0 aliphatic heterocycles. The lowest BCUT2D eigenvalue weighted by atomic mass is 10.0. The molecule has 0 aliphatic carbocycles. The van der Waals surface area contributed by atoms with Gasteiger partial charge < -0.3 is 4.74 Å². The fourth-order valence-electron chi connectivity index (χ4n) is 3.70. The zero-order chi connectivity index (χ0) is 18.4. The van der Waals surface area contributed by atoms with Crippen LogP contribution in [-0.2, 0) is 0 Å². The molecule has 0 fully saturated rings. The molecule has 3 aromatic carbocycles. The van der Waals surface area contributed by atoms with Gasteiger partial charge in [-0.05, 0) is 41.8 Å². The number of rotatable bonds is 2. The van der Waals surface area contributed by atoms with E-state index in [1.807, 2.05) is 66.7 Å². The molecule has 27 heavy (non-hydrogen) atoms. The number of hydrogen-bond donors (Lipinski definition) is 0. The summed E-state index contributed by atoms with van der Waals surface area (Å²) in [6.07, 6.45) is 1.75. The van der Waals surface area contributed by atoms with E-state index in [2.05, 4.69) is 4.98 Å². The highest BCUT2D eigenvalue weighted by Gasteiger charge is 2.14. The minimum atomic E-state index is -0.0826. The van der Waals surface area contributed by atoms with Gasteiger partial charge in [0.25, 0.3) is 5.56 Å². The minimum absolute atomic E-state index is 0.0826. The quantitative estimate of drug-likeness (QED) is 0.433. The predicted octanol–water partition coefficient (Wildman–Crippen LogP) is 4.70. The van der Waals surface area contributed by atoms with Crippen LogP contribution in [0.15, 0.2) is 83.8 Å². The monoisotopic (exact) mass is 352 g/mol. The van der Waals surface area contributed by atoms with Crippen LogP contribution in [0, 0.1) is 0 Å². The summed E-state index contributed by atoms with van der Waals surface area (Å²) >= 11 is 0. The van der Waals surface area contributed by atoms with Gasteiger partial charge in [0.15, 0.2) is 0 Å². The highest BCUT2D eigenvalue weighted by Crippen LogP contribution is 2.29. The SMILES string of the molecule is COc1ccc2c(c1)c(=O)n(-c1cccc3cccnc13)c1ccccc21. The van der Waals surface area contributed by atoms with Crippen molar-refractivity contribution in [1.29, 1.82) is 0 Å². The minimum Gasteiger partial charge on any atom is -0.497 e. The van der Waals surface area contributed by atoms with Gasteiger partial charge in [-0.15, -0.1) is 0 Å². The second kappa shape index (κ2) is 5.95. The van der Waals surface area contributed by atoms with Crippen LogP contribution >= 0.6 is 0 Å². The average molecular weight is 352 g/mol. The van der Waals surface area contributed by atoms with Crippen molar-refractivity contribution < 1.29 is 4.74 Å². The van der Waals surface area contributed by atoms with Crippen LogP contribution < -0.4 is 10.3 Å². The molecule has 0 spiro atoms. The van der Waals surface area contributed by atoms with Crippen molar-refractivity contribution in [3.63, 3.8) is 0 Å². The highest BCUT2D eigenvalue weighted by molar-refractivity contribution is 6.07. The summed E-state index contributed by atoms with van der Waals surface area (Å²) in [4.78, 5) is 18.1. The Hall–Kier alpha value is -3.66. The number of hydrogen-bond acceptors (Lipinski definition) is 3. The number of ether oxygens (including phenoxy) is 1. The van der Waals surface area contributed by atoms with Gasteiger partial charge in [-0.1, -0.05) is 36.4 Å². The first kappa shape index (κ1) is 15.6. The summed E-state index contributed by atoms with van der Waals surface area (Å²) in [6.45, 7) is 0. The second-order valence-electron chi connectivity index (χ2n) is 6.42. The molecule has 5 rings (SSSR count). The molecule has 0 amide bonds. The Morgan fingerprint density at radius 2 is 1.70 bits per heavy atom. The maximum atomic E-state index is 13.5. The number of pyridine rings is 2. The molecule has 0 saturated heterocycles. The number of fused-ring (bicyclic) bond motifs is 4. The summed E-state index contributed by atoms with van der Waals surface area (Å²) in [5.41, 5.74) is 2.35. The van der Waals surface area contributed by atoms with Crippen LogP contribution in [0.2, 0.25) is 0 Å². The first-order valence-corrected chi connectivity index (χ1v) is 8.73. The molecule has 0 bridgehead atoms. The number of benzene rings is 3. The zero-order valence-electron chi connectivity index (χ0n) is 14.7. The van der Waals surface area contributed by atoms with E-state index in [4.69, 9.17) is 4.74 Å². The average Bonchev–Trinajstić information content (AvgIpc) is 2.74. The predicted molar refractivity (Wildman–Crippen MR) is 109 cm³/mol. The Bertz CT molecular complexity index is 1380. The third kappa shape index (κ3) is 2.30. The number of para-hydroxylation sites is 2. The molecule has 2 aromatic heterocycles. The second-order valence-corrected chi connectivity index (χ2v) is 6.42. The Kier molecular flexibility index (Phi) is 3.44. The van der Waals surface area contributed by atoms with E-state index in [1.54, 1.807) is 23.9 Å². The Balaban J connectivity index is 2.02. The lowest BCUT2D eigenvalue weighted by Crippen LogP contribution is -2.19. The molecule has 0 radical (unpaired) electrons. The van der Waals surface area contributed by atoms with E-state index < -0.39 is 0 Å². The van der Waals surface area contributed by atoms with Crippen LogP contribution in [0.5, 0.6) is 5.75 Å². The smallest absolute Gasteiger partial charge is 0.263 e. The van der Waals surface area contributed by atoms with Crippen molar-refractivity contribution in [3.05, 3.63) is 89.3 Å². The molecule has 0 atom stereocenters. The summed E-state index contributed by atoms with van der Waals surface area (Å²) in [5.74, 6) is 0.664. The molecule has 0 saturated carbocycles. The standard InChI is InChI=1S/C23H16N2O2/c1-27-16-11-12-17-18-8-2-3-9-20(18)25(23(26)19(17)14-16)21-10-4-6-15-7-5-13-24-22(15)21/h2-14H,1H3. The number of methoxy groups -OCH3 is 1. The largest absolute Gasteiger partial charge is 0.497 e. The van der Waals surface area contributed by atoms with Gasteiger partial charge in [0.05, 0.1) is 29.2 Å². The molecule has 5 aromatic rings. The van der Waals surface area contributed by atoms with Gasteiger partial charge in [0.1, 0.15) is 5.75 Å². The molecular formula is C23H16N2O2. The Morgan fingerprint density at radius 1 is 0.852 bits per heavy atom. The Morgan fingerprint density at radius 3 is 2.59 bits per heavy atom. The van der Waals surface area contributed by atoms with Crippen LogP contribution in [0.25, 0.3) is 38.3 Å². The van der Waals surface area contributed by atoms with Crippen molar-refractivity contribution in [3.8, 4) is 11.4 Å². The van der Waals surface area contributed by atoms with Crippen molar-refractivity contribution in [2.75, 3.05) is 7.11 Å². The summed E-state index contributed by atoms with van der Waals surface area (Å²) in [6, 6.07) is 23.4. The van der Waals surface area contributed by atoms with E-state index in [-0.39, 0.29) is 5.56 Å². The van der Waals surface area contributed by atoms with Crippen LogP contribution in [0.1, 0.15) is 0 Å². The third-order valence-corrected chi connectivity index (χ3v) is 4.95. The maximum absolute atomic E-state index is 13.5. The fourth-order valence-corrected chi connectivity index (χ4v) is 3.70. The molecule has 0 N–H and O–H groups in total. The molecule has 2 heterocycles. The van der Waals surface area contributed by atoms with E-state index in [0.717, 1.165) is 32.9 Å². The van der Waals surface area contributed by atoms with Gasteiger partial charge in [-0.2, -0.15) is 0 Å². The molecule has 0 unspecified atom stereocenters. The van der Waals surface area contributed by atoms with Gasteiger partial charge in [-0.25, -0.2) is 0 Å². The first-order valence-electron chi connectivity index (χ1n) is 8.73. The van der Waals surface area contributed by atoms with E-state index >= 15 is 0 Å². The lowest BCUT2D eigenvalue weighted by molar-refractivity contribution is 0.415. The van der Waals surface area contributed by atoms with E-state index in [0.29, 0.717) is 11.1 Å². The maximum Gasteiger partial charge on any atom is 0.263 e. The summed E-state index contributed by atoms with van der Waals surface area (Å²) < 4.78 is 7.10. The zero-order valence-corrected chi connectivity index (χ0v) is 14.7. The van der Waals surface area contributed by atoms with Gasteiger partial charge in [0, 0.05) is 17.0 Å². The Labute approximate surface area is 155 Å². The van der Waals surface area contributed by atoms with Crippen LogP contribution in [0.4, 0.5) is 0 Å². The van der Waals surface area contributed by atoms with Crippen molar-refractivity contribution in [2.24, 2.45) is 0 Å². The summed E-state index contributed by atoms with van der Waals surface area (Å²) in [7, 11) is 1.61. The molecule has 0 aliphatic rings. The summed E-state index contributed by atoms with van der Waals surface area (Å²) in [5, 5.41) is 3.56. The fraction of sp³-hybridized carbons (Fsp3) is 0.0435. The highest BCUT2D eigenvalue weighted by atomic mass is 16.5. The van der Waals surface area contributed by atoms with Crippen molar-refractivity contribution >= 4 is 32.6 Å². The van der Waals surface area contributed by atoms with Gasteiger partial charge in [0.2, 0.25) is 0 Å². The van der Waals surface area contributed by atoms with Gasteiger partial charge >= 0.3 is 0 Å². The van der Waals surface area contributed by atoms with Crippen molar-refractivity contribution in [1.82, 2.24) is 9.55 Å². The van der Waals surface area contributed by atoms with E-state index in [1.165, 1.54) is 0 Å². The molecule has 130 valence electrons. The lowest BCUT2D eigenvalue weighted by Gasteiger charge is -2.15. The normalized spacial score (nSPS) is 11.3. The third-order valence-electron chi connectivity index (χ3n) is 4.95. The number of aromatic nitrogens is 2. The van der Waals surface area contributed by atoms with Crippen LogP contribution in [-0.4, -0.2) is 16.7 Å². The molecular weight excluding hydrogens is 336 g/mol. The molecule has 4 nitrogen and oxygen atoms in total. The van der Waals surface area contributed by atoms with Gasteiger partial charge in [-0.3, -0.25) is 14.3 Å².